The van der Waals surface area contributed by atoms with Gasteiger partial charge >= 0.3 is 0 Å². The van der Waals surface area contributed by atoms with E-state index in [2.05, 4.69) is 5.32 Å². The molecular weight excluding hydrogens is 217 g/mol. The van der Waals surface area contributed by atoms with E-state index >= 15 is 0 Å². The molecule has 0 aliphatic heterocycles. The quantitative estimate of drug-likeness (QED) is 0.837. The maximum absolute atomic E-state index is 13.0. The lowest BCUT2D eigenvalue weighted by molar-refractivity contribution is 0.156. The second-order valence-electron chi connectivity index (χ2n) is 3.57. The Labute approximate surface area is 93.1 Å². The van der Waals surface area contributed by atoms with Crippen molar-refractivity contribution in [1.29, 1.82) is 0 Å². The predicted octanol–water partition coefficient (Wildman–Crippen LogP) is 2.25. The number of nitrogens with one attached hydrogen (secondary N) is 1. The van der Waals surface area contributed by atoms with Gasteiger partial charge in [0.15, 0.2) is 0 Å². The van der Waals surface area contributed by atoms with Gasteiger partial charge < -0.3 is 10.2 Å². The van der Waals surface area contributed by atoms with Crippen molar-refractivity contribution in [3.8, 4) is 0 Å². The maximum Gasteiger partial charge on any atom is 0.255 e. The van der Waals surface area contributed by atoms with Gasteiger partial charge in [0.25, 0.3) is 6.43 Å². The molecule has 0 heterocycles. The molecule has 0 radical (unpaired) electrons. The molecule has 0 atom stereocenters. The fraction of sp³-hybridized carbons (Fsp3) is 0.455. The topological polar surface area (TPSA) is 15.3 Å². The number of alkyl halides is 2. The molecule has 16 heavy (non-hydrogen) atoms. The van der Waals surface area contributed by atoms with Crippen LogP contribution in [0.15, 0.2) is 18.2 Å². The third-order valence-electron chi connectivity index (χ3n) is 2.23. The molecule has 1 N–H and O–H groups in total. The van der Waals surface area contributed by atoms with Crippen LogP contribution in [-0.2, 0) is 6.54 Å². The number of anilines is 1. The number of hydrogen-bond donors (Lipinski definition) is 1. The van der Waals surface area contributed by atoms with Gasteiger partial charge in [-0.05, 0) is 30.8 Å². The first-order valence-corrected chi connectivity index (χ1v) is 4.97. The zero-order valence-corrected chi connectivity index (χ0v) is 9.30. The molecule has 0 unspecified atom stereocenters. The van der Waals surface area contributed by atoms with Gasteiger partial charge in [-0.2, -0.15) is 0 Å². The molecule has 1 aromatic carbocycles. The molecule has 2 nitrogen and oxygen atoms in total. The average Bonchev–Trinajstić information content (AvgIpc) is 2.17. The first-order chi connectivity index (χ1) is 7.54. The molecule has 1 aromatic rings. The SMILES string of the molecule is CNCc1cc(F)ccc1N(C)CC(F)F. The highest BCUT2D eigenvalue weighted by Gasteiger charge is 2.12. The van der Waals surface area contributed by atoms with Crippen LogP contribution in [-0.4, -0.2) is 27.1 Å². The van der Waals surface area contributed by atoms with E-state index in [0.29, 0.717) is 17.8 Å². The molecule has 0 bridgehead atoms. The first-order valence-electron chi connectivity index (χ1n) is 4.97. The highest BCUT2D eigenvalue weighted by atomic mass is 19.3. The highest BCUT2D eigenvalue weighted by Crippen LogP contribution is 2.21. The molecule has 0 aliphatic rings. The Bertz CT molecular complexity index is 342. The van der Waals surface area contributed by atoms with Crippen molar-refractivity contribution >= 4 is 5.69 Å². The van der Waals surface area contributed by atoms with Gasteiger partial charge in [-0.3, -0.25) is 0 Å². The molecule has 0 saturated carbocycles. The van der Waals surface area contributed by atoms with Crippen molar-refractivity contribution in [3.05, 3.63) is 29.6 Å². The predicted molar refractivity (Wildman–Crippen MR) is 58.4 cm³/mol. The van der Waals surface area contributed by atoms with Crippen LogP contribution in [0.3, 0.4) is 0 Å². The van der Waals surface area contributed by atoms with E-state index < -0.39 is 6.43 Å². The first kappa shape index (κ1) is 12.8. The van der Waals surface area contributed by atoms with E-state index in [4.69, 9.17) is 0 Å². The van der Waals surface area contributed by atoms with Crippen molar-refractivity contribution in [1.82, 2.24) is 5.32 Å². The summed E-state index contributed by atoms with van der Waals surface area (Å²) in [7, 11) is 3.29. The highest BCUT2D eigenvalue weighted by molar-refractivity contribution is 5.53. The third-order valence-corrected chi connectivity index (χ3v) is 2.23. The standard InChI is InChI=1S/C11H15F3N2/c1-15-6-8-5-9(12)3-4-10(8)16(2)7-11(13)14/h3-5,11,15H,6-7H2,1-2H3. The third kappa shape index (κ3) is 3.41. The van der Waals surface area contributed by atoms with Crippen molar-refractivity contribution in [2.45, 2.75) is 13.0 Å². The largest absolute Gasteiger partial charge is 0.369 e. The fourth-order valence-corrected chi connectivity index (χ4v) is 1.56. The van der Waals surface area contributed by atoms with E-state index in [1.165, 1.54) is 23.1 Å². The summed E-state index contributed by atoms with van der Waals surface area (Å²) in [6, 6.07) is 4.15. The van der Waals surface area contributed by atoms with Crippen LogP contribution in [0.4, 0.5) is 18.9 Å². The van der Waals surface area contributed by atoms with Gasteiger partial charge in [0.2, 0.25) is 0 Å². The fourth-order valence-electron chi connectivity index (χ4n) is 1.56. The Morgan fingerprint density at radius 3 is 2.62 bits per heavy atom. The smallest absolute Gasteiger partial charge is 0.255 e. The molecule has 0 saturated heterocycles. The summed E-state index contributed by atoms with van der Waals surface area (Å²) in [5.41, 5.74) is 1.29. The number of benzene rings is 1. The molecule has 0 amide bonds. The lowest BCUT2D eigenvalue weighted by Crippen LogP contribution is -2.25. The molecule has 0 spiro atoms. The summed E-state index contributed by atoms with van der Waals surface area (Å²) >= 11 is 0. The van der Waals surface area contributed by atoms with Gasteiger partial charge in [0.05, 0.1) is 6.54 Å². The molecule has 5 heteroatoms. The summed E-state index contributed by atoms with van der Waals surface area (Å²) < 4.78 is 37.5. The number of rotatable bonds is 5. The number of hydrogen-bond acceptors (Lipinski definition) is 2. The van der Waals surface area contributed by atoms with E-state index in [1.54, 1.807) is 14.1 Å². The minimum atomic E-state index is -2.41. The summed E-state index contributed by atoms with van der Waals surface area (Å²) in [5.74, 6) is -0.362. The second kappa shape index (κ2) is 5.75. The van der Waals surface area contributed by atoms with Crippen LogP contribution in [0.2, 0.25) is 0 Å². The molecule has 1 rings (SSSR count). The van der Waals surface area contributed by atoms with Crippen LogP contribution in [0.5, 0.6) is 0 Å². The average molecular weight is 232 g/mol. The van der Waals surface area contributed by atoms with Crippen LogP contribution in [0, 0.1) is 5.82 Å². The Morgan fingerprint density at radius 2 is 2.06 bits per heavy atom. The number of nitrogens with zero attached hydrogens (tertiary/aromatic N) is 1. The zero-order chi connectivity index (χ0) is 12.1. The van der Waals surface area contributed by atoms with Gasteiger partial charge in [-0.25, -0.2) is 13.2 Å². The molecule has 0 aromatic heterocycles. The van der Waals surface area contributed by atoms with Gasteiger partial charge in [-0.1, -0.05) is 0 Å². The van der Waals surface area contributed by atoms with Crippen LogP contribution in [0.25, 0.3) is 0 Å². The van der Waals surface area contributed by atoms with Crippen molar-refractivity contribution in [3.63, 3.8) is 0 Å². The Kier molecular flexibility index (Phi) is 4.61. The van der Waals surface area contributed by atoms with Crippen LogP contribution in [0.1, 0.15) is 5.56 Å². The Hall–Kier alpha value is -1.23. The Morgan fingerprint density at radius 1 is 1.38 bits per heavy atom. The van der Waals surface area contributed by atoms with Crippen molar-refractivity contribution in [2.24, 2.45) is 0 Å². The van der Waals surface area contributed by atoms with Gasteiger partial charge in [0, 0.05) is 19.3 Å². The van der Waals surface area contributed by atoms with Crippen molar-refractivity contribution in [2.75, 3.05) is 25.5 Å². The Balaban J connectivity index is 2.92. The van der Waals surface area contributed by atoms with Crippen molar-refractivity contribution < 1.29 is 13.2 Å². The lowest BCUT2D eigenvalue weighted by atomic mass is 10.1. The van der Waals surface area contributed by atoms with E-state index in [-0.39, 0.29) is 12.4 Å². The summed E-state index contributed by atoms with van der Waals surface area (Å²) in [6.07, 6.45) is -2.41. The lowest BCUT2D eigenvalue weighted by Gasteiger charge is -2.22. The normalized spacial score (nSPS) is 10.9. The monoisotopic (exact) mass is 232 g/mol. The zero-order valence-electron chi connectivity index (χ0n) is 9.30. The summed E-state index contributed by atoms with van der Waals surface area (Å²) in [6.45, 7) is 0.0863. The van der Waals surface area contributed by atoms with Gasteiger partial charge in [0.1, 0.15) is 5.82 Å². The van der Waals surface area contributed by atoms with Gasteiger partial charge in [-0.15, -0.1) is 0 Å². The van der Waals surface area contributed by atoms with E-state index in [9.17, 15) is 13.2 Å². The minimum absolute atomic E-state index is 0.359. The summed E-state index contributed by atoms with van der Waals surface area (Å²) in [5, 5.41) is 2.88. The van der Waals surface area contributed by atoms with E-state index in [1.807, 2.05) is 0 Å². The molecule has 0 fully saturated rings. The minimum Gasteiger partial charge on any atom is -0.369 e. The number of halogens is 3. The molecular formula is C11H15F3N2. The molecule has 90 valence electrons. The van der Waals surface area contributed by atoms with Crippen LogP contribution < -0.4 is 10.2 Å². The summed E-state index contributed by atoms with van der Waals surface area (Å²) in [4.78, 5) is 1.43. The second-order valence-corrected chi connectivity index (χ2v) is 3.57. The maximum atomic E-state index is 13.0. The van der Waals surface area contributed by atoms with Crippen LogP contribution >= 0.6 is 0 Å². The van der Waals surface area contributed by atoms with E-state index in [0.717, 1.165) is 0 Å². The molecule has 0 aliphatic carbocycles.